The third-order valence-electron chi connectivity index (χ3n) is 2.85. The molecule has 0 unspecified atom stereocenters. The van der Waals surface area contributed by atoms with Gasteiger partial charge in [-0.15, -0.1) is 0 Å². The van der Waals surface area contributed by atoms with Gasteiger partial charge < -0.3 is 10.2 Å². The zero-order valence-electron chi connectivity index (χ0n) is 10.4. The van der Waals surface area contributed by atoms with Crippen molar-refractivity contribution in [3.05, 3.63) is 30.3 Å². The number of para-hydroxylation sites is 1. The van der Waals surface area contributed by atoms with Crippen molar-refractivity contribution in [2.24, 2.45) is 0 Å². The molecule has 1 N–H and O–H groups in total. The van der Waals surface area contributed by atoms with Gasteiger partial charge in [0.1, 0.15) is 0 Å². The molecular formula is C13H17N3OS. The predicted molar refractivity (Wildman–Crippen MR) is 76.8 cm³/mol. The Morgan fingerprint density at radius 2 is 2.06 bits per heavy atom. The second-order valence-electron chi connectivity index (χ2n) is 4.15. The van der Waals surface area contributed by atoms with Gasteiger partial charge in [-0.3, -0.25) is 4.90 Å². The number of nitrogens with one attached hydrogen (secondary N) is 1. The third-order valence-corrected chi connectivity index (χ3v) is 3.29. The van der Waals surface area contributed by atoms with Crippen LogP contribution in [0.5, 0.6) is 0 Å². The summed E-state index contributed by atoms with van der Waals surface area (Å²) in [4.78, 5) is 15.5. The lowest BCUT2D eigenvalue weighted by atomic mass is 10.3. The second kappa shape index (κ2) is 5.82. The van der Waals surface area contributed by atoms with Crippen molar-refractivity contribution in [1.82, 2.24) is 10.2 Å². The number of carbonyl (C=O) groups is 1. The number of hydrogen-bond acceptors (Lipinski definition) is 2. The van der Waals surface area contributed by atoms with Gasteiger partial charge in [0.15, 0.2) is 5.11 Å². The smallest absolute Gasteiger partial charge is 0.323 e. The largest absolute Gasteiger partial charge is 0.338 e. The Labute approximate surface area is 113 Å². The van der Waals surface area contributed by atoms with E-state index in [1.54, 1.807) is 4.90 Å². The maximum atomic E-state index is 11.9. The van der Waals surface area contributed by atoms with Crippen LogP contribution in [-0.2, 0) is 0 Å². The minimum atomic E-state index is -0.0970. The Kier molecular flexibility index (Phi) is 4.15. The van der Waals surface area contributed by atoms with Gasteiger partial charge >= 0.3 is 6.03 Å². The summed E-state index contributed by atoms with van der Waals surface area (Å²) in [5, 5.41) is 3.43. The Morgan fingerprint density at radius 3 is 2.72 bits per heavy atom. The van der Waals surface area contributed by atoms with Gasteiger partial charge in [-0.1, -0.05) is 25.1 Å². The fourth-order valence-electron chi connectivity index (χ4n) is 1.90. The van der Waals surface area contributed by atoms with E-state index >= 15 is 0 Å². The Hall–Kier alpha value is -1.62. The van der Waals surface area contributed by atoms with Crippen LogP contribution in [0.4, 0.5) is 10.5 Å². The van der Waals surface area contributed by atoms with Crippen LogP contribution in [0.15, 0.2) is 30.3 Å². The van der Waals surface area contributed by atoms with E-state index in [9.17, 15) is 4.79 Å². The molecule has 1 heterocycles. The molecule has 1 aliphatic rings. The molecule has 5 heteroatoms. The fraction of sp³-hybridized carbons (Fsp3) is 0.385. The van der Waals surface area contributed by atoms with Gasteiger partial charge in [0, 0.05) is 25.3 Å². The van der Waals surface area contributed by atoms with Gasteiger partial charge in [-0.05, 0) is 30.8 Å². The molecule has 0 saturated carbocycles. The molecule has 1 aromatic rings. The van der Waals surface area contributed by atoms with Gasteiger partial charge in [-0.2, -0.15) is 0 Å². The van der Waals surface area contributed by atoms with E-state index in [0.717, 1.165) is 18.7 Å². The lowest BCUT2D eigenvalue weighted by Gasteiger charge is -2.20. The Bertz CT molecular complexity index is 435. The molecule has 0 atom stereocenters. The highest BCUT2D eigenvalue weighted by Crippen LogP contribution is 2.19. The first-order chi connectivity index (χ1) is 8.74. The fourth-order valence-corrected chi connectivity index (χ4v) is 2.27. The quantitative estimate of drug-likeness (QED) is 0.849. The zero-order valence-corrected chi connectivity index (χ0v) is 11.2. The second-order valence-corrected chi connectivity index (χ2v) is 4.52. The molecule has 0 aliphatic carbocycles. The Morgan fingerprint density at radius 1 is 1.33 bits per heavy atom. The van der Waals surface area contributed by atoms with Crippen molar-refractivity contribution in [3.63, 3.8) is 0 Å². The van der Waals surface area contributed by atoms with E-state index in [-0.39, 0.29) is 6.03 Å². The highest BCUT2D eigenvalue weighted by Gasteiger charge is 2.30. The summed E-state index contributed by atoms with van der Waals surface area (Å²) in [7, 11) is 0. The van der Waals surface area contributed by atoms with E-state index in [1.807, 2.05) is 42.2 Å². The van der Waals surface area contributed by atoms with E-state index in [1.165, 1.54) is 0 Å². The average molecular weight is 263 g/mol. The topological polar surface area (TPSA) is 35.6 Å². The van der Waals surface area contributed by atoms with Crippen LogP contribution in [0.1, 0.15) is 13.3 Å². The summed E-state index contributed by atoms with van der Waals surface area (Å²) in [5.41, 5.74) is 1.04. The number of carbonyl (C=O) groups excluding carboxylic acids is 1. The van der Waals surface area contributed by atoms with Crippen molar-refractivity contribution in [1.29, 1.82) is 0 Å². The van der Waals surface area contributed by atoms with E-state index < -0.39 is 0 Å². The van der Waals surface area contributed by atoms with E-state index in [4.69, 9.17) is 12.2 Å². The zero-order chi connectivity index (χ0) is 13.0. The molecule has 96 valence electrons. The highest BCUT2D eigenvalue weighted by atomic mass is 32.1. The molecule has 1 aliphatic heterocycles. The molecule has 0 radical (unpaired) electrons. The first-order valence-electron chi connectivity index (χ1n) is 6.16. The average Bonchev–Trinajstić information content (AvgIpc) is 2.79. The highest BCUT2D eigenvalue weighted by molar-refractivity contribution is 7.80. The summed E-state index contributed by atoms with van der Waals surface area (Å²) < 4.78 is 0. The van der Waals surface area contributed by atoms with Crippen LogP contribution in [-0.4, -0.2) is 35.7 Å². The molecule has 2 rings (SSSR count). The van der Waals surface area contributed by atoms with Crippen LogP contribution < -0.4 is 10.2 Å². The molecule has 18 heavy (non-hydrogen) atoms. The summed E-state index contributed by atoms with van der Waals surface area (Å²) in [6.45, 7) is 4.10. The summed E-state index contributed by atoms with van der Waals surface area (Å²) in [5.74, 6) is 0. The monoisotopic (exact) mass is 263 g/mol. The van der Waals surface area contributed by atoms with Crippen LogP contribution >= 0.6 is 12.2 Å². The van der Waals surface area contributed by atoms with Crippen molar-refractivity contribution in [3.8, 4) is 0 Å². The number of urea groups is 1. The molecule has 4 nitrogen and oxygen atoms in total. The molecule has 0 bridgehead atoms. The summed E-state index contributed by atoms with van der Waals surface area (Å²) in [6.07, 6.45) is 0.925. The van der Waals surface area contributed by atoms with Crippen LogP contribution in [0, 0.1) is 0 Å². The molecule has 0 spiro atoms. The number of anilines is 1. The number of nitrogens with zero attached hydrogens (tertiary/aromatic N) is 2. The van der Waals surface area contributed by atoms with Crippen molar-refractivity contribution >= 4 is 29.0 Å². The predicted octanol–water partition coefficient (Wildman–Crippen LogP) is 2.21. The number of thiocarbonyl (C=S) groups is 1. The molecular weight excluding hydrogens is 246 g/mol. The van der Waals surface area contributed by atoms with E-state index in [2.05, 4.69) is 5.32 Å². The molecule has 1 saturated heterocycles. The van der Waals surface area contributed by atoms with Crippen molar-refractivity contribution < 1.29 is 4.79 Å². The van der Waals surface area contributed by atoms with Gasteiger partial charge in [0.25, 0.3) is 0 Å². The number of amides is 2. The molecule has 0 aromatic heterocycles. The van der Waals surface area contributed by atoms with Crippen molar-refractivity contribution in [2.45, 2.75) is 13.3 Å². The third kappa shape index (κ3) is 2.61. The molecule has 1 aromatic carbocycles. The minimum absolute atomic E-state index is 0.0970. The Balaban J connectivity index is 2.03. The summed E-state index contributed by atoms with van der Waals surface area (Å²) in [6, 6.07) is 9.81. The lowest BCUT2D eigenvalue weighted by Crippen LogP contribution is -2.42. The minimum Gasteiger partial charge on any atom is -0.338 e. The number of hydrogen-bond donors (Lipinski definition) is 1. The van der Waals surface area contributed by atoms with Gasteiger partial charge in [0.2, 0.25) is 0 Å². The maximum Gasteiger partial charge on any atom is 0.323 e. The SMILES string of the molecule is CCCNC(=O)N1CCN(c2ccccc2)C1=S. The molecule has 1 fully saturated rings. The first kappa shape index (κ1) is 12.8. The van der Waals surface area contributed by atoms with Crippen molar-refractivity contribution in [2.75, 3.05) is 24.5 Å². The van der Waals surface area contributed by atoms with Gasteiger partial charge in [0.05, 0.1) is 0 Å². The van der Waals surface area contributed by atoms with Crippen LogP contribution in [0.25, 0.3) is 0 Å². The van der Waals surface area contributed by atoms with Crippen LogP contribution in [0.3, 0.4) is 0 Å². The lowest BCUT2D eigenvalue weighted by molar-refractivity contribution is 0.224. The standard InChI is InChI=1S/C13H17N3OS/c1-2-8-14-12(17)16-10-9-15(13(16)18)11-6-4-3-5-7-11/h3-7H,2,8-10H2,1H3,(H,14,17). The van der Waals surface area contributed by atoms with Crippen LogP contribution in [0.2, 0.25) is 0 Å². The molecule has 2 amide bonds. The van der Waals surface area contributed by atoms with Gasteiger partial charge in [-0.25, -0.2) is 4.79 Å². The maximum absolute atomic E-state index is 11.9. The van der Waals surface area contributed by atoms with E-state index in [0.29, 0.717) is 18.2 Å². The normalized spacial score (nSPS) is 15.1. The number of rotatable bonds is 3. The first-order valence-corrected chi connectivity index (χ1v) is 6.56. The summed E-state index contributed by atoms with van der Waals surface area (Å²) >= 11 is 5.36. The number of benzene rings is 1.